The molecule has 0 radical (unpaired) electrons. The first-order valence-electron chi connectivity index (χ1n) is 5.32. The first-order valence-corrected chi connectivity index (χ1v) is 6.13. The van der Waals surface area contributed by atoms with Gasteiger partial charge in [-0.2, -0.15) is 0 Å². The van der Waals surface area contributed by atoms with Crippen LogP contribution in [0.4, 0.5) is 10.8 Å². The normalized spacial score (nSPS) is 16.9. The fourth-order valence-corrected chi connectivity index (χ4v) is 2.82. The molecule has 1 aliphatic heterocycles. The number of fused-ring (bicyclic) bond motifs is 1. The van der Waals surface area contributed by atoms with Gasteiger partial charge in [0.1, 0.15) is 0 Å². The number of benzene rings is 1. The molecule has 2 N–H and O–H groups in total. The molecule has 0 atom stereocenters. The Kier molecular flexibility index (Phi) is 2.41. The maximum atomic E-state index is 5.74. The summed E-state index contributed by atoms with van der Waals surface area (Å²) in [6.07, 6.45) is 0. The molecule has 0 unspecified atom stereocenters. The molecule has 0 bridgehead atoms. The second-order valence-electron chi connectivity index (χ2n) is 3.82. The summed E-state index contributed by atoms with van der Waals surface area (Å²) in [4.78, 5) is 6.87. The number of nitrogens with zero attached hydrogens (tertiary/aromatic N) is 2. The van der Waals surface area contributed by atoms with E-state index >= 15 is 0 Å². The summed E-state index contributed by atoms with van der Waals surface area (Å²) in [6, 6.07) is 5.88. The van der Waals surface area contributed by atoms with Gasteiger partial charge in [0.05, 0.1) is 23.4 Å². The molecule has 0 saturated carbocycles. The van der Waals surface area contributed by atoms with Crippen LogP contribution in [0.15, 0.2) is 18.2 Å². The number of hydrogen-bond donors (Lipinski definition) is 1. The highest BCUT2D eigenvalue weighted by molar-refractivity contribution is 7.22. The van der Waals surface area contributed by atoms with Gasteiger partial charge in [0.25, 0.3) is 0 Å². The maximum Gasteiger partial charge on any atom is 0.186 e. The molecule has 2 heterocycles. The fourth-order valence-electron chi connectivity index (χ4n) is 1.82. The minimum absolute atomic E-state index is 0.770. The van der Waals surface area contributed by atoms with Gasteiger partial charge in [0, 0.05) is 18.8 Å². The van der Waals surface area contributed by atoms with Crippen LogP contribution >= 0.6 is 11.3 Å². The van der Waals surface area contributed by atoms with E-state index in [1.54, 1.807) is 11.3 Å². The first-order chi connectivity index (χ1) is 7.83. The van der Waals surface area contributed by atoms with E-state index in [1.807, 2.05) is 18.2 Å². The van der Waals surface area contributed by atoms with Gasteiger partial charge < -0.3 is 15.4 Å². The lowest BCUT2D eigenvalue weighted by molar-refractivity contribution is 0.122. The second kappa shape index (κ2) is 3.92. The van der Waals surface area contributed by atoms with Gasteiger partial charge in [-0.1, -0.05) is 11.3 Å². The topological polar surface area (TPSA) is 51.4 Å². The zero-order valence-corrected chi connectivity index (χ0v) is 9.67. The number of nitrogen functional groups attached to an aromatic ring is 1. The van der Waals surface area contributed by atoms with Gasteiger partial charge in [-0.15, -0.1) is 0 Å². The lowest BCUT2D eigenvalue weighted by Crippen LogP contribution is -2.36. The Bertz CT molecular complexity index is 505. The molecule has 0 spiro atoms. The number of nitrogens with two attached hydrogens (primary N) is 1. The molecule has 84 valence electrons. The number of thiazole rings is 1. The molecule has 1 saturated heterocycles. The number of anilines is 2. The highest BCUT2D eigenvalue weighted by Crippen LogP contribution is 2.30. The van der Waals surface area contributed by atoms with Gasteiger partial charge in [-0.3, -0.25) is 0 Å². The van der Waals surface area contributed by atoms with Crippen LogP contribution in [0.5, 0.6) is 0 Å². The Hall–Kier alpha value is -1.33. The summed E-state index contributed by atoms with van der Waals surface area (Å²) < 4.78 is 6.52. The Labute approximate surface area is 97.6 Å². The molecule has 16 heavy (non-hydrogen) atoms. The number of ether oxygens (including phenoxy) is 1. The van der Waals surface area contributed by atoms with Crippen molar-refractivity contribution in [3.8, 4) is 0 Å². The van der Waals surface area contributed by atoms with Crippen LogP contribution in [-0.2, 0) is 4.74 Å². The van der Waals surface area contributed by atoms with Crippen molar-refractivity contribution in [2.75, 3.05) is 36.9 Å². The number of aromatic nitrogens is 1. The molecule has 0 aliphatic carbocycles. The van der Waals surface area contributed by atoms with E-state index < -0.39 is 0 Å². The minimum atomic E-state index is 0.770. The molecule has 1 aromatic carbocycles. The van der Waals surface area contributed by atoms with Crippen LogP contribution < -0.4 is 10.6 Å². The Balaban J connectivity index is 1.97. The van der Waals surface area contributed by atoms with Crippen molar-refractivity contribution in [1.29, 1.82) is 0 Å². The van der Waals surface area contributed by atoms with Gasteiger partial charge in [-0.25, -0.2) is 4.98 Å². The monoisotopic (exact) mass is 235 g/mol. The third-order valence-corrected chi connectivity index (χ3v) is 3.78. The van der Waals surface area contributed by atoms with Crippen LogP contribution in [0.25, 0.3) is 10.2 Å². The number of morpholine rings is 1. The Morgan fingerprint density at radius 1 is 1.31 bits per heavy atom. The van der Waals surface area contributed by atoms with Crippen LogP contribution in [-0.4, -0.2) is 31.3 Å². The number of hydrogen-bond acceptors (Lipinski definition) is 5. The number of rotatable bonds is 1. The molecule has 3 rings (SSSR count). The van der Waals surface area contributed by atoms with Crippen LogP contribution in [0.1, 0.15) is 0 Å². The summed E-state index contributed by atoms with van der Waals surface area (Å²) in [5.74, 6) is 0. The molecule has 2 aromatic rings. The van der Waals surface area contributed by atoms with Crippen LogP contribution in [0, 0.1) is 0 Å². The summed E-state index contributed by atoms with van der Waals surface area (Å²) in [5, 5.41) is 1.07. The Morgan fingerprint density at radius 2 is 2.12 bits per heavy atom. The molecule has 1 aliphatic rings. The third-order valence-electron chi connectivity index (χ3n) is 2.68. The molecule has 5 heteroatoms. The quantitative estimate of drug-likeness (QED) is 0.765. The smallest absolute Gasteiger partial charge is 0.186 e. The van der Waals surface area contributed by atoms with E-state index in [1.165, 1.54) is 4.70 Å². The predicted molar refractivity (Wildman–Crippen MR) is 67.1 cm³/mol. The highest BCUT2D eigenvalue weighted by Gasteiger charge is 2.15. The van der Waals surface area contributed by atoms with Crippen molar-refractivity contribution in [1.82, 2.24) is 4.98 Å². The van der Waals surface area contributed by atoms with E-state index in [0.717, 1.165) is 42.6 Å². The van der Waals surface area contributed by atoms with E-state index in [9.17, 15) is 0 Å². The van der Waals surface area contributed by atoms with Crippen molar-refractivity contribution >= 4 is 32.4 Å². The van der Waals surface area contributed by atoms with Crippen molar-refractivity contribution < 1.29 is 4.74 Å². The van der Waals surface area contributed by atoms with Crippen molar-refractivity contribution in [3.63, 3.8) is 0 Å². The fraction of sp³-hybridized carbons (Fsp3) is 0.364. The first kappa shape index (κ1) is 9.86. The second-order valence-corrected chi connectivity index (χ2v) is 4.83. The lowest BCUT2D eigenvalue weighted by Gasteiger charge is -2.25. The van der Waals surface area contributed by atoms with E-state index in [2.05, 4.69) is 9.88 Å². The zero-order valence-electron chi connectivity index (χ0n) is 8.85. The molecular formula is C11H13N3OS. The van der Waals surface area contributed by atoms with E-state index in [0.29, 0.717) is 0 Å². The van der Waals surface area contributed by atoms with Gasteiger partial charge >= 0.3 is 0 Å². The van der Waals surface area contributed by atoms with Gasteiger partial charge in [0.15, 0.2) is 5.13 Å². The van der Waals surface area contributed by atoms with Crippen molar-refractivity contribution in [3.05, 3.63) is 18.2 Å². The highest BCUT2D eigenvalue weighted by atomic mass is 32.1. The minimum Gasteiger partial charge on any atom is -0.399 e. The zero-order chi connectivity index (χ0) is 11.0. The van der Waals surface area contributed by atoms with Crippen LogP contribution in [0.2, 0.25) is 0 Å². The molecule has 0 amide bonds. The standard InChI is InChI=1S/C11H13N3OS/c12-8-1-2-10-9(7-8)13-11(16-10)14-3-5-15-6-4-14/h1-2,7H,3-6,12H2. The predicted octanol–water partition coefficient (Wildman–Crippen LogP) is 1.72. The molecular weight excluding hydrogens is 222 g/mol. The van der Waals surface area contributed by atoms with E-state index in [-0.39, 0.29) is 0 Å². The van der Waals surface area contributed by atoms with Gasteiger partial charge in [0.2, 0.25) is 0 Å². The molecule has 1 fully saturated rings. The largest absolute Gasteiger partial charge is 0.399 e. The van der Waals surface area contributed by atoms with E-state index in [4.69, 9.17) is 10.5 Å². The molecule has 4 nitrogen and oxygen atoms in total. The maximum absolute atomic E-state index is 5.74. The summed E-state index contributed by atoms with van der Waals surface area (Å²) in [7, 11) is 0. The Morgan fingerprint density at radius 3 is 2.94 bits per heavy atom. The SMILES string of the molecule is Nc1ccc2sc(N3CCOCC3)nc2c1. The summed E-state index contributed by atoms with van der Waals surface area (Å²) >= 11 is 1.72. The van der Waals surface area contributed by atoms with Crippen LogP contribution in [0.3, 0.4) is 0 Å². The summed E-state index contributed by atoms with van der Waals surface area (Å²) in [6.45, 7) is 3.43. The molecule has 1 aromatic heterocycles. The van der Waals surface area contributed by atoms with Crippen molar-refractivity contribution in [2.24, 2.45) is 0 Å². The average Bonchev–Trinajstić information content (AvgIpc) is 2.73. The van der Waals surface area contributed by atoms with Gasteiger partial charge in [-0.05, 0) is 18.2 Å². The summed E-state index contributed by atoms with van der Waals surface area (Å²) in [5.41, 5.74) is 7.50. The van der Waals surface area contributed by atoms with Crippen molar-refractivity contribution in [2.45, 2.75) is 0 Å². The lowest BCUT2D eigenvalue weighted by atomic mass is 10.3. The third kappa shape index (κ3) is 1.72. The average molecular weight is 235 g/mol.